The van der Waals surface area contributed by atoms with E-state index in [1.807, 2.05) is 0 Å². The Hall–Kier alpha value is 1.76. The highest BCUT2D eigenvalue weighted by Gasteiger charge is 2.18. The van der Waals surface area contributed by atoms with E-state index in [1.54, 1.807) is 0 Å². The van der Waals surface area contributed by atoms with Gasteiger partial charge < -0.3 is 10.2 Å². The normalized spacial score (nSPS) is 11.0. The van der Waals surface area contributed by atoms with E-state index >= 15 is 0 Å². The van der Waals surface area contributed by atoms with Gasteiger partial charge in [-0.2, -0.15) is 0 Å². The first-order valence-corrected chi connectivity index (χ1v) is 10.2. The summed E-state index contributed by atoms with van der Waals surface area (Å²) in [6, 6.07) is 0. The van der Waals surface area contributed by atoms with Crippen molar-refractivity contribution in [3.63, 3.8) is 0 Å². The number of hydrogen-bond acceptors (Lipinski definition) is 4. The molecule has 0 aromatic heterocycles. The molecule has 0 aliphatic carbocycles. The van der Waals surface area contributed by atoms with Gasteiger partial charge in [0, 0.05) is 29.4 Å². The molecule has 0 bridgehead atoms. The maximum absolute atomic E-state index is 8.90. The lowest BCUT2D eigenvalue weighted by Gasteiger charge is -2.16. The van der Waals surface area contributed by atoms with Crippen molar-refractivity contribution < 1.29 is 10.2 Å². The van der Waals surface area contributed by atoms with Gasteiger partial charge in [0.15, 0.2) is 0 Å². The molecule has 2 nitrogen and oxygen atoms in total. The minimum absolute atomic E-state index is 0.0935. The lowest BCUT2D eigenvalue weighted by atomic mass is 10.2. The largest absolute Gasteiger partial charge is 0.386 e. The molecule has 18 heavy (non-hydrogen) atoms. The van der Waals surface area contributed by atoms with Crippen LogP contribution in [-0.2, 0) is 11.5 Å². The van der Waals surface area contributed by atoms with Crippen molar-refractivity contribution in [3.8, 4) is 0 Å². The molecule has 0 amide bonds. The zero-order valence-corrected chi connectivity index (χ0v) is 17.0. The highest BCUT2D eigenvalue weighted by molar-refractivity contribution is 9.14. The average molecular weight is 546 g/mol. The van der Waals surface area contributed by atoms with Crippen molar-refractivity contribution in [1.82, 2.24) is 0 Å². The summed E-state index contributed by atoms with van der Waals surface area (Å²) < 4.78 is 3.92. The van der Waals surface area contributed by atoms with Gasteiger partial charge in [-0.1, -0.05) is 0 Å². The van der Waals surface area contributed by atoms with Gasteiger partial charge in [0.05, 0.1) is 11.9 Å². The van der Waals surface area contributed by atoms with E-state index in [2.05, 4.69) is 63.7 Å². The first kappa shape index (κ1) is 17.8. The molecule has 0 heterocycles. The van der Waals surface area contributed by atoms with Crippen molar-refractivity contribution >= 4 is 87.2 Å². The molecule has 0 aliphatic heterocycles. The number of halogens is 4. The number of aliphatic hydroxyl groups excluding tert-OH is 2. The van der Waals surface area contributed by atoms with Gasteiger partial charge in [-0.3, -0.25) is 0 Å². The van der Waals surface area contributed by atoms with Crippen LogP contribution in [0.3, 0.4) is 0 Å². The fraction of sp³-hybridized carbons (Fsp3) is 0.400. The summed E-state index contributed by atoms with van der Waals surface area (Å²) in [6.45, 7) is 0. The third-order valence-electron chi connectivity index (χ3n) is 2.12. The SMILES string of the molecule is OCSCc1c(Br)c(Br)c(CSCO)c(Br)c1Br. The van der Waals surface area contributed by atoms with E-state index < -0.39 is 0 Å². The maximum atomic E-state index is 8.90. The van der Waals surface area contributed by atoms with Crippen LogP contribution in [0.25, 0.3) is 0 Å². The summed E-state index contributed by atoms with van der Waals surface area (Å²) in [5.74, 6) is 1.61. The summed E-state index contributed by atoms with van der Waals surface area (Å²) >= 11 is 17.2. The van der Waals surface area contributed by atoms with Gasteiger partial charge in [-0.15, -0.1) is 23.5 Å². The van der Waals surface area contributed by atoms with Gasteiger partial charge in [-0.25, -0.2) is 0 Å². The lowest BCUT2D eigenvalue weighted by Crippen LogP contribution is -1.96. The van der Waals surface area contributed by atoms with Crippen molar-refractivity contribution in [1.29, 1.82) is 0 Å². The molecule has 1 aromatic rings. The molecule has 0 unspecified atom stereocenters. The van der Waals surface area contributed by atoms with Gasteiger partial charge >= 0.3 is 0 Å². The lowest BCUT2D eigenvalue weighted by molar-refractivity contribution is 0.375. The van der Waals surface area contributed by atoms with Crippen LogP contribution >= 0.6 is 87.2 Å². The Kier molecular flexibility index (Phi) is 8.82. The molecule has 102 valence electrons. The number of thioether (sulfide) groups is 2. The number of benzene rings is 1. The second-order valence-corrected chi connectivity index (χ2v) is 8.25. The second kappa shape index (κ2) is 8.92. The van der Waals surface area contributed by atoms with E-state index in [9.17, 15) is 0 Å². The van der Waals surface area contributed by atoms with Crippen LogP contribution in [0.15, 0.2) is 17.9 Å². The third-order valence-corrected chi connectivity index (χ3v) is 8.04. The highest BCUT2D eigenvalue weighted by Crippen LogP contribution is 2.44. The van der Waals surface area contributed by atoms with Crippen LogP contribution in [0.2, 0.25) is 0 Å². The Balaban J connectivity index is 3.18. The van der Waals surface area contributed by atoms with E-state index in [-0.39, 0.29) is 11.9 Å². The molecule has 8 heteroatoms. The zero-order chi connectivity index (χ0) is 13.7. The standard InChI is InChI=1S/C10H10Br4O2S2/c11-7-5(1-17-3-15)8(12)10(14)6(9(7)13)2-18-4-16/h15-16H,1-4H2. The van der Waals surface area contributed by atoms with Crippen LogP contribution in [0.1, 0.15) is 11.1 Å². The Morgan fingerprint density at radius 1 is 0.667 bits per heavy atom. The Labute approximate surface area is 148 Å². The molecular formula is C10H10Br4O2S2. The molecule has 0 aliphatic rings. The van der Waals surface area contributed by atoms with Gasteiger partial charge in [0.1, 0.15) is 0 Å². The summed E-state index contributed by atoms with van der Waals surface area (Å²) in [5.41, 5.74) is 2.18. The van der Waals surface area contributed by atoms with E-state index in [4.69, 9.17) is 10.2 Å². The molecule has 1 aromatic carbocycles. The Bertz CT molecular complexity index is 361. The van der Waals surface area contributed by atoms with E-state index in [0.717, 1.165) is 29.0 Å². The van der Waals surface area contributed by atoms with Crippen molar-refractivity contribution in [2.45, 2.75) is 11.5 Å². The first-order chi connectivity index (χ1) is 8.54. The Morgan fingerprint density at radius 2 is 0.944 bits per heavy atom. The molecule has 2 N–H and O–H groups in total. The smallest absolute Gasteiger partial charge is 0.0889 e. The number of hydrogen-bond donors (Lipinski definition) is 2. The first-order valence-electron chi connectivity index (χ1n) is 4.75. The number of aliphatic hydroxyl groups is 2. The number of rotatable bonds is 6. The maximum Gasteiger partial charge on any atom is 0.0889 e. The van der Waals surface area contributed by atoms with Crippen LogP contribution in [0, 0.1) is 0 Å². The molecule has 0 saturated heterocycles. The fourth-order valence-electron chi connectivity index (χ4n) is 1.27. The topological polar surface area (TPSA) is 40.5 Å². The van der Waals surface area contributed by atoms with Gasteiger partial charge in [0.2, 0.25) is 0 Å². The summed E-state index contributed by atoms with van der Waals surface area (Å²) in [7, 11) is 0. The third kappa shape index (κ3) is 4.38. The van der Waals surface area contributed by atoms with Gasteiger partial charge in [-0.05, 0) is 74.8 Å². The van der Waals surface area contributed by atoms with Crippen LogP contribution in [0.5, 0.6) is 0 Å². The summed E-state index contributed by atoms with van der Waals surface area (Å²) in [6.07, 6.45) is 0. The molecule has 0 radical (unpaired) electrons. The quantitative estimate of drug-likeness (QED) is 0.385. The van der Waals surface area contributed by atoms with Crippen LogP contribution < -0.4 is 0 Å². The molecular weight excluding hydrogens is 536 g/mol. The van der Waals surface area contributed by atoms with Crippen molar-refractivity contribution in [2.24, 2.45) is 0 Å². The Morgan fingerprint density at radius 3 is 1.17 bits per heavy atom. The van der Waals surface area contributed by atoms with Crippen LogP contribution in [-0.4, -0.2) is 22.1 Å². The predicted octanol–water partition coefficient (Wildman–Crippen LogP) is 5.10. The summed E-state index contributed by atoms with van der Waals surface area (Å²) in [4.78, 5) is 0. The molecule has 0 atom stereocenters. The predicted molar refractivity (Wildman–Crippen MR) is 94.0 cm³/mol. The van der Waals surface area contributed by atoms with Gasteiger partial charge in [0.25, 0.3) is 0 Å². The molecule has 0 saturated carbocycles. The summed E-state index contributed by atoms with van der Waals surface area (Å²) in [5, 5.41) is 17.8. The minimum atomic E-state index is 0.0935. The second-order valence-electron chi connectivity index (χ2n) is 3.17. The molecule has 0 spiro atoms. The molecule has 1 rings (SSSR count). The van der Waals surface area contributed by atoms with Crippen molar-refractivity contribution in [2.75, 3.05) is 11.9 Å². The van der Waals surface area contributed by atoms with Crippen molar-refractivity contribution in [3.05, 3.63) is 29.0 Å². The molecule has 0 fully saturated rings. The van der Waals surface area contributed by atoms with E-state index in [0.29, 0.717) is 11.5 Å². The fourth-order valence-corrected chi connectivity index (χ4v) is 6.02. The zero-order valence-electron chi connectivity index (χ0n) is 9.05. The highest BCUT2D eigenvalue weighted by atomic mass is 79.9. The van der Waals surface area contributed by atoms with E-state index in [1.165, 1.54) is 23.5 Å². The monoisotopic (exact) mass is 542 g/mol. The average Bonchev–Trinajstić information content (AvgIpc) is 2.37. The van der Waals surface area contributed by atoms with Crippen LogP contribution in [0.4, 0.5) is 0 Å². The minimum Gasteiger partial charge on any atom is -0.386 e.